The molecule has 2 amide bonds. The number of halogens is 6. The lowest BCUT2D eigenvalue weighted by atomic mass is 10.1. The smallest absolute Gasteiger partial charge is 0.317 e. The molecule has 132 valence electrons. The standard InChI is InChI=1S/C15H8F6N2O2/c16-8-5-6-10(12(18)11(8)17)23-14(25)13(24)22-9-4-2-1-3-7(9)15(19,20)21/h1-6H,(H,22,24)(H,23,25). The van der Waals surface area contributed by atoms with Gasteiger partial charge in [-0.2, -0.15) is 13.2 Å². The molecule has 2 rings (SSSR count). The minimum absolute atomic E-state index is 0.505. The SMILES string of the molecule is O=C(Nc1ccccc1C(F)(F)F)C(=O)Nc1ccc(F)c(F)c1F. The summed E-state index contributed by atoms with van der Waals surface area (Å²) < 4.78 is 77.7. The van der Waals surface area contributed by atoms with Gasteiger partial charge in [-0.05, 0) is 24.3 Å². The number of anilines is 2. The molecule has 0 aromatic heterocycles. The summed E-state index contributed by atoms with van der Waals surface area (Å²) in [6, 6.07) is 5.02. The van der Waals surface area contributed by atoms with Gasteiger partial charge in [0.1, 0.15) is 0 Å². The zero-order valence-electron chi connectivity index (χ0n) is 12.0. The average Bonchev–Trinajstić information content (AvgIpc) is 2.54. The molecule has 4 nitrogen and oxygen atoms in total. The van der Waals surface area contributed by atoms with Gasteiger partial charge in [0.2, 0.25) is 0 Å². The van der Waals surface area contributed by atoms with E-state index in [1.54, 1.807) is 10.6 Å². The van der Waals surface area contributed by atoms with Crippen LogP contribution in [0.2, 0.25) is 0 Å². The van der Waals surface area contributed by atoms with E-state index in [1.165, 1.54) is 6.07 Å². The molecule has 0 heterocycles. The number of nitrogens with one attached hydrogen (secondary N) is 2. The van der Waals surface area contributed by atoms with Crippen LogP contribution in [0.15, 0.2) is 36.4 Å². The predicted octanol–water partition coefficient (Wildman–Crippen LogP) is 3.70. The van der Waals surface area contributed by atoms with Crippen LogP contribution in [-0.2, 0) is 15.8 Å². The summed E-state index contributed by atoms with van der Waals surface area (Å²) in [4.78, 5) is 23.3. The average molecular weight is 362 g/mol. The summed E-state index contributed by atoms with van der Waals surface area (Å²) in [5.41, 5.74) is -2.74. The normalized spacial score (nSPS) is 11.1. The lowest BCUT2D eigenvalue weighted by molar-refractivity contribution is -0.137. The van der Waals surface area contributed by atoms with Crippen molar-refractivity contribution < 1.29 is 35.9 Å². The van der Waals surface area contributed by atoms with Crippen LogP contribution in [0.5, 0.6) is 0 Å². The quantitative estimate of drug-likeness (QED) is 0.486. The number of amides is 2. The molecule has 0 aliphatic rings. The fourth-order valence-corrected chi connectivity index (χ4v) is 1.82. The van der Waals surface area contributed by atoms with Crippen molar-refractivity contribution in [2.24, 2.45) is 0 Å². The highest BCUT2D eigenvalue weighted by molar-refractivity contribution is 6.43. The van der Waals surface area contributed by atoms with Crippen molar-refractivity contribution in [3.8, 4) is 0 Å². The number of benzene rings is 2. The van der Waals surface area contributed by atoms with E-state index in [0.717, 1.165) is 12.1 Å². The zero-order chi connectivity index (χ0) is 18.8. The van der Waals surface area contributed by atoms with Crippen molar-refractivity contribution in [2.75, 3.05) is 10.6 Å². The molecular weight excluding hydrogens is 354 g/mol. The van der Waals surface area contributed by atoms with E-state index in [0.29, 0.717) is 18.2 Å². The van der Waals surface area contributed by atoms with Crippen molar-refractivity contribution in [1.82, 2.24) is 0 Å². The number of alkyl halides is 3. The van der Waals surface area contributed by atoms with Crippen molar-refractivity contribution in [1.29, 1.82) is 0 Å². The summed E-state index contributed by atoms with van der Waals surface area (Å²) >= 11 is 0. The van der Waals surface area contributed by atoms with Gasteiger partial charge >= 0.3 is 18.0 Å². The van der Waals surface area contributed by atoms with Crippen LogP contribution in [0.1, 0.15) is 5.56 Å². The molecule has 0 saturated carbocycles. The van der Waals surface area contributed by atoms with Gasteiger partial charge < -0.3 is 10.6 Å². The molecular formula is C15H8F6N2O2. The van der Waals surface area contributed by atoms with E-state index >= 15 is 0 Å². The largest absolute Gasteiger partial charge is 0.418 e. The highest BCUT2D eigenvalue weighted by atomic mass is 19.4. The van der Waals surface area contributed by atoms with Gasteiger partial charge in [0.25, 0.3) is 0 Å². The van der Waals surface area contributed by atoms with E-state index in [4.69, 9.17) is 0 Å². The first-order valence-corrected chi connectivity index (χ1v) is 6.53. The molecule has 0 unspecified atom stereocenters. The minimum atomic E-state index is -4.79. The number of hydrogen-bond acceptors (Lipinski definition) is 2. The van der Waals surface area contributed by atoms with E-state index < -0.39 is 52.4 Å². The molecule has 25 heavy (non-hydrogen) atoms. The first-order valence-electron chi connectivity index (χ1n) is 6.53. The molecule has 2 aromatic rings. The second-order valence-corrected chi connectivity index (χ2v) is 4.67. The van der Waals surface area contributed by atoms with Crippen molar-refractivity contribution in [3.63, 3.8) is 0 Å². The molecule has 2 aromatic carbocycles. The topological polar surface area (TPSA) is 58.2 Å². The summed E-state index contributed by atoms with van der Waals surface area (Å²) in [6.07, 6.45) is -4.79. The Balaban J connectivity index is 2.18. The van der Waals surface area contributed by atoms with Crippen LogP contribution in [0, 0.1) is 17.5 Å². The third-order valence-electron chi connectivity index (χ3n) is 2.97. The maximum atomic E-state index is 13.4. The van der Waals surface area contributed by atoms with Gasteiger partial charge in [-0.15, -0.1) is 0 Å². The Labute approximate surface area is 136 Å². The van der Waals surface area contributed by atoms with Gasteiger partial charge in [-0.25, -0.2) is 13.2 Å². The number of carbonyl (C=O) groups is 2. The second kappa shape index (κ2) is 6.83. The van der Waals surface area contributed by atoms with Crippen LogP contribution < -0.4 is 10.6 Å². The molecule has 0 fully saturated rings. The number of hydrogen-bond donors (Lipinski definition) is 2. The molecule has 0 aliphatic heterocycles. The molecule has 0 aliphatic carbocycles. The van der Waals surface area contributed by atoms with Gasteiger partial charge in [0.05, 0.1) is 16.9 Å². The fraction of sp³-hybridized carbons (Fsp3) is 0.0667. The molecule has 0 bridgehead atoms. The molecule has 0 saturated heterocycles. The third kappa shape index (κ3) is 4.08. The molecule has 10 heteroatoms. The monoisotopic (exact) mass is 362 g/mol. The van der Waals surface area contributed by atoms with Crippen LogP contribution in [0.3, 0.4) is 0 Å². The lowest BCUT2D eigenvalue weighted by Gasteiger charge is -2.13. The van der Waals surface area contributed by atoms with Crippen LogP contribution >= 0.6 is 0 Å². The Bertz CT molecular complexity index is 835. The maximum absolute atomic E-state index is 13.4. The Hall–Kier alpha value is -3.04. The Kier molecular flexibility index (Phi) is 5.00. The summed E-state index contributed by atoms with van der Waals surface area (Å²) in [5, 5.41) is 3.36. The van der Waals surface area contributed by atoms with E-state index in [2.05, 4.69) is 0 Å². The van der Waals surface area contributed by atoms with Crippen LogP contribution in [-0.4, -0.2) is 11.8 Å². The number of carbonyl (C=O) groups excluding carboxylic acids is 2. The highest BCUT2D eigenvalue weighted by Crippen LogP contribution is 2.34. The molecule has 2 N–H and O–H groups in total. The first kappa shape index (κ1) is 18.3. The molecule has 0 radical (unpaired) electrons. The Morgan fingerprint density at radius 3 is 1.92 bits per heavy atom. The third-order valence-corrected chi connectivity index (χ3v) is 2.97. The van der Waals surface area contributed by atoms with Crippen LogP contribution in [0.25, 0.3) is 0 Å². The highest BCUT2D eigenvalue weighted by Gasteiger charge is 2.34. The summed E-state index contributed by atoms with van der Waals surface area (Å²) in [5.74, 6) is -8.26. The van der Waals surface area contributed by atoms with Gasteiger partial charge in [0, 0.05) is 0 Å². The molecule has 0 atom stereocenters. The van der Waals surface area contributed by atoms with E-state index in [-0.39, 0.29) is 0 Å². The summed E-state index contributed by atoms with van der Waals surface area (Å²) in [7, 11) is 0. The van der Waals surface area contributed by atoms with Crippen LogP contribution in [0.4, 0.5) is 37.7 Å². The predicted molar refractivity (Wildman–Crippen MR) is 75.0 cm³/mol. The van der Waals surface area contributed by atoms with Gasteiger partial charge in [0.15, 0.2) is 17.5 Å². The van der Waals surface area contributed by atoms with Gasteiger partial charge in [-0.3, -0.25) is 9.59 Å². The zero-order valence-corrected chi connectivity index (χ0v) is 12.0. The number of rotatable bonds is 2. The lowest BCUT2D eigenvalue weighted by Crippen LogP contribution is -2.30. The van der Waals surface area contributed by atoms with E-state index in [1.807, 2.05) is 0 Å². The van der Waals surface area contributed by atoms with Gasteiger partial charge in [-0.1, -0.05) is 12.1 Å². The molecule has 0 spiro atoms. The first-order chi connectivity index (χ1) is 11.6. The Morgan fingerprint density at radius 1 is 0.760 bits per heavy atom. The number of para-hydroxylation sites is 1. The summed E-state index contributed by atoms with van der Waals surface area (Å²) in [6.45, 7) is 0. The van der Waals surface area contributed by atoms with Crippen molar-refractivity contribution in [2.45, 2.75) is 6.18 Å². The van der Waals surface area contributed by atoms with Crippen molar-refractivity contribution in [3.05, 3.63) is 59.4 Å². The second-order valence-electron chi connectivity index (χ2n) is 4.67. The maximum Gasteiger partial charge on any atom is 0.418 e. The Morgan fingerprint density at radius 2 is 1.32 bits per heavy atom. The van der Waals surface area contributed by atoms with E-state index in [9.17, 15) is 35.9 Å². The minimum Gasteiger partial charge on any atom is -0.317 e. The van der Waals surface area contributed by atoms with Crippen molar-refractivity contribution >= 4 is 23.2 Å². The fourth-order valence-electron chi connectivity index (χ4n) is 1.82.